The summed E-state index contributed by atoms with van der Waals surface area (Å²) in [4.78, 5) is 27.6. The average Bonchev–Trinajstić information content (AvgIpc) is 3.56. The first kappa shape index (κ1) is 29.0. The summed E-state index contributed by atoms with van der Waals surface area (Å²) < 4.78 is 6.65. The maximum atomic E-state index is 13.2. The SMILES string of the molecule is COc1ccc(-c2cc(-c3ccc(O)cc3)nc(NC(c3ccccc3)c3nc4nc(-c5ccccc5)cc(=O)n4[nH]3)c2C#N)cc1. The number of rotatable bonds is 8. The molecule has 0 spiro atoms. The van der Waals surface area contributed by atoms with Crippen molar-refractivity contribution in [2.24, 2.45) is 0 Å². The number of H-pyrrole nitrogens is 1. The van der Waals surface area contributed by atoms with Gasteiger partial charge in [0.25, 0.3) is 11.3 Å². The number of pyridine rings is 1. The fraction of sp³-hybridized carbons (Fsp3) is 0.0541. The lowest BCUT2D eigenvalue weighted by Gasteiger charge is -2.20. The van der Waals surface area contributed by atoms with Crippen LogP contribution in [0.2, 0.25) is 0 Å². The molecule has 0 fully saturated rings. The molecule has 7 rings (SSSR count). The van der Waals surface area contributed by atoms with Crippen LogP contribution in [-0.4, -0.2) is 36.8 Å². The first-order chi connectivity index (χ1) is 23.0. The summed E-state index contributed by atoms with van der Waals surface area (Å²) in [6.07, 6.45) is 0. The third-order valence-electron chi connectivity index (χ3n) is 7.80. The van der Waals surface area contributed by atoms with Crippen molar-refractivity contribution in [1.29, 1.82) is 5.26 Å². The molecule has 47 heavy (non-hydrogen) atoms. The summed E-state index contributed by atoms with van der Waals surface area (Å²) in [5.74, 6) is 1.73. The van der Waals surface area contributed by atoms with Crippen LogP contribution in [0.15, 0.2) is 126 Å². The van der Waals surface area contributed by atoms with Crippen LogP contribution in [0.4, 0.5) is 5.82 Å². The first-order valence-corrected chi connectivity index (χ1v) is 14.8. The molecular weight excluding hydrogens is 590 g/mol. The fourth-order valence-corrected chi connectivity index (χ4v) is 5.42. The molecule has 10 nitrogen and oxygen atoms in total. The third-order valence-corrected chi connectivity index (χ3v) is 7.80. The van der Waals surface area contributed by atoms with Gasteiger partial charge in [-0.25, -0.2) is 9.97 Å². The smallest absolute Gasteiger partial charge is 0.274 e. The molecule has 7 aromatic rings. The van der Waals surface area contributed by atoms with E-state index in [0.717, 1.165) is 22.3 Å². The third kappa shape index (κ3) is 5.77. The van der Waals surface area contributed by atoms with Gasteiger partial charge in [-0.05, 0) is 53.6 Å². The number of hydrogen-bond donors (Lipinski definition) is 3. The Morgan fingerprint density at radius 2 is 1.45 bits per heavy atom. The maximum Gasteiger partial charge on any atom is 0.274 e. The van der Waals surface area contributed by atoms with Crippen LogP contribution in [0.3, 0.4) is 0 Å². The Hall–Kier alpha value is -6.73. The topological polar surface area (TPSA) is 141 Å². The molecule has 0 radical (unpaired) electrons. The average molecular weight is 618 g/mol. The summed E-state index contributed by atoms with van der Waals surface area (Å²) in [5.41, 5.74) is 4.90. The highest BCUT2D eigenvalue weighted by molar-refractivity contribution is 5.81. The number of hydrogen-bond acceptors (Lipinski definition) is 8. The zero-order valence-corrected chi connectivity index (χ0v) is 25.1. The van der Waals surface area contributed by atoms with Crippen LogP contribution < -0.4 is 15.6 Å². The van der Waals surface area contributed by atoms with E-state index in [1.807, 2.05) is 91.0 Å². The number of nitrogens with zero attached hydrogens (tertiary/aromatic N) is 5. The van der Waals surface area contributed by atoms with Gasteiger partial charge in [0.2, 0.25) is 0 Å². The highest BCUT2D eigenvalue weighted by atomic mass is 16.5. The van der Waals surface area contributed by atoms with Crippen LogP contribution in [0.5, 0.6) is 11.5 Å². The molecule has 3 aromatic heterocycles. The Bertz CT molecular complexity index is 2290. The largest absolute Gasteiger partial charge is 0.508 e. The van der Waals surface area contributed by atoms with Crippen molar-refractivity contribution in [3.05, 3.63) is 149 Å². The minimum atomic E-state index is -0.657. The van der Waals surface area contributed by atoms with Gasteiger partial charge in [0.1, 0.15) is 35.0 Å². The van der Waals surface area contributed by atoms with Crippen LogP contribution in [0.25, 0.3) is 39.4 Å². The Morgan fingerprint density at radius 3 is 2.13 bits per heavy atom. The van der Waals surface area contributed by atoms with Crippen molar-refractivity contribution in [1.82, 2.24) is 24.6 Å². The van der Waals surface area contributed by atoms with Gasteiger partial charge < -0.3 is 15.2 Å². The van der Waals surface area contributed by atoms with Gasteiger partial charge in [-0.3, -0.25) is 9.89 Å². The highest BCUT2D eigenvalue weighted by Gasteiger charge is 2.24. The summed E-state index contributed by atoms with van der Waals surface area (Å²) in [6.45, 7) is 0. The number of methoxy groups -OCH3 is 1. The summed E-state index contributed by atoms with van der Waals surface area (Å²) in [5, 5.41) is 27.1. The standard InChI is InChI=1S/C37H27N7O3/c1-47-28-18-14-23(15-19-28)29-20-31(25-12-16-27(45)17-13-25)39-35(30(29)22-38)41-34(26-10-6-3-7-11-26)36-42-37-40-32(21-33(46)44(37)43-36)24-8-4-2-5-9-24/h2-21,34,45H,1H3,(H,39,41)(H,40,42,43). The Balaban J connectivity index is 1.39. The van der Waals surface area contributed by atoms with Crippen LogP contribution >= 0.6 is 0 Å². The van der Waals surface area contributed by atoms with E-state index in [2.05, 4.69) is 21.5 Å². The lowest BCUT2D eigenvalue weighted by molar-refractivity contribution is 0.415. The summed E-state index contributed by atoms with van der Waals surface area (Å²) in [7, 11) is 1.60. The highest BCUT2D eigenvalue weighted by Crippen LogP contribution is 2.36. The van der Waals surface area contributed by atoms with Gasteiger partial charge in [-0.2, -0.15) is 14.8 Å². The van der Waals surface area contributed by atoms with Gasteiger partial charge in [0.15, 0.2) is 5.82 Å². The fourth-order valence-electron chi connectivity index (χ4n) is 5.42. The summed E-state index contributed by atoms with van der Waals surface area (Å²) >= 11 is 0. The molecular formula is C37H27N7O3. The quantitative estimate of drug-likeness (QED) is 0.173. The number of benzene rings is 4. The van der Waals surface area contributed by atoms with Gasteiger partial charge in [-0.1, -0.05) is 72.8 Å². The van der Waals surface area contributed by atoms with Crippen molar-refractivity contribution < 1.29 is 9.84 Å². The van der Waals surface area contributed by atoms with Crippen molar-refractivity contribution >= 4 is 11.6 Å². The minimum absolute atomic E-state index is 0.129. The molecule has 0 amide bonds. The molecule has 0 bridgehead atoms. The second kappa shape index (κ2) is 12.3. The monoisotopic (exact) mass is 617 g/mol. The first-order valence-electron chi connectivity index (χ1n) is 14.8. The Morgan fingerprint density at radius 1 is 0.809 bits per heavy atom. The van der Waals surface area contributed by atoms with Gasteiger partial charge >= 0.3 is 0 Å². The molecule has 1 unspecified atom stereocenters. The normalized spacial score (nSPS) is 11.6. The number of nitrogens with one attached hydrogen (secondary N) is 2. The second-order valence-electron chi connectivity index (χ2n) is 10.7. The molecule has 0 saturated heterocycles. The zero-order valence-electron chi connectivity index (χ0n) is 25.1. The molecule has 3 N–H and O–H groups in total. The number of phenolic OH excluding ortho intramolecular Hbond substituents is 1. The van der Waals surface area contributed by atoms with E-state index in [-0.39, 0.29) is 17.1 Å². The molecule has 228 valence electrons. The molecule has 4 aromatic carbocycles. The zero-order chi connectivity index (χ0) is 32.3. The van der Waals surface area contributed by atoms with Gasteiger partial charge in [0, 0.05) is 22.8 Å². The Labute approximate surface area is 269 Å². The Kier molecular flexibility index (Phi) is 7.62. The molecule has 3 heterocycles. The molecule has 0 aliphatic carbocycles. The number of nitriles is 1. The van der Waals surface area contributed by atoms with Crippen LogP contribution in [0.1, 0.15) is 23.0 Å². The number of anilines is 1. The van der Waals surface area contributed by atoms with Crippen molar-refractivity contribution in [3.8, 4) is 51.2 Å². The molecule has 0 aliphatic heterocycles. The second-order valence-corrected chi connectivity index (χ2v) is 10.7. The number of phenols is 1. The predicted molar refractivity (Wildman–Crippen MR) is 179 cm³/mol. The molecule has 10 heteroatoms. The van der Waals surface area contributed by atoms with Crippen LogP contribution in [-0.2, 0) is 0 Å². The number of fused-ring (bicyclic) bond motifs is 1. The number of aromatic amines is 1. The lowest BCUT2D eigenvalue weighted by atomic mass is 9.97. The number of aromatic hydroxyl groups is 1. The molecule has 0 aliphatic rings. The van der Waals surface area contributed by atoms with E-state index in [1.165, 1.54) is 10.6 Å². The van der Waals surface area contributed by atoms with Gasteiger partial charge in [-0.15, -0.1) is 0 Å². The summed E-state index contributed by atoms with van der Waals surface area (Å²) in [6, 6.07) is 38.2. The van der Waals surface area contributed by atoms with E-state index < -0.39 is 6.04 Å². The van der Waals surface area contributed by atoms with E-state index in [0.29, 0.717) is 39.9 Å². The van der Waals surface area contributed by atoms with E-state index in [9.17, 15) is 15.2 Å². The van der Waals surface area contributed by atoms with Crippen molar-refractivity contribution in [2.45, 2.75) is 6.04 Å². The van der Waals surface area contributed by atoms with Crippen LogP contribution in [0, 0.1) is 11.3 Å². The predicted octanol–water partition coefficient (Wildman–Crippen LogP) is 6.60. The number of ether oxygens (including phenoxy) is 1. The van der Waals surface area contributed by atoms with E-state index in [1.54, 1.807) is 31.4 Å². The van der Waals surface area contributed by atoms with Crippen molar-refractivity contribution in [2.75, 3.05) is 12.4 Å². The number of aromatic nitrogens is 5. The maximum absolute atomic E-state index is 13.2. The van der Waals surface area contributed by atoms with E-state index >= 15 is 0 Å². The molecule has 1 atom stereocenters. The lowest BCUT2D eigenvalue weighted by Crippen LogP contribution is -2.18. The van der Waals surface area contributed by atoms with E-state index in [4.69, 9.17) is 14.7 Å². The molecule has 0 saturated carbocycles. The van der Waals surface area contributed by atoms with Crippen molar-refractivity contribution in [3.63, 3.8) is 0 Å². The minimum Gasteiger partial charge on any atom is -0.508 e. The van der Waals surface area contributed by atoms with Gasteiger partial charge in [0.05, 0.1) is 18.5 Å².